The van der Waals surface area contributed by atoms with Gasteiger partial charge in [-0.2, -0.15) is 0 Å². The van der Waals surface area contributed by atoms with Gasteiger partial charge in [-0.25, -0.2) is 0 Å². The van der Waals surface area contributed by atoms with Gasteiger partial charge in [0.15, 0.2) is 0 Å². The van der Waals surface area contributed by atoms with Crippen molar-refractivity contribution in [1.82, 2.24) is 0 Å². The summed E-state index contributed by atoms with van der Waals surface area (Å²) in [5, 5.41) is 97.1. The smallest absolute Gasteiger partial charge is 0.120 e. The lowest BCUT2D eigenvalue weighted by Crippen LogP contribution is -2.36. The minimum atomic E-state index is -1.65. The summed E-state index contributed by atoms with van der Waals surface area (Å²) in [6, 6.07) is 65.5. The molecule has 0 aliphatic carbocycles. The molecule has 10 aromatic carbocycles. The molecule has 0 spiro atoms. The second kappa shape index (κ2) is 22.9. The van der Waals surface area contributed by atoms with Crippen molar-refractivity contribution < 1.29 is 45.6 Å². The molecule has 0 saturated heterocycles. The van der Waals surface area contributed by atoms with E-state index in [1.165, 1.54) is 0 Å². The summed E-state index contributed by atoms with van der Waals surface area (Å²) in [6.45, 7) is 17.5. The van der Waals surface area contributed by atoms with Crippen molar-refractivity contribution in [2.24, 2.45) is 0 Å². The van der Waals surface area contributed by atoms with E-state index in [0.29, 0.717) is 77.9 Å². The lowest BCUT2D eigenvalue weighted by molar-refractivity contribution is 0.105. The van der Waals surface area contributed by atoms with Crippen LogP contribution in [0.5, 0.6) is 46.0 Å². The number of benzene rings is 10. The highest BCUT2D eigenvalue weighted by Crippen LogP contribution is 2.58. The Balaban J connectivity index is 1.31. The van der Waals surface area contributed by atoms with E-state index in [1.54, 1.807) is 218 Å². The van der Waals surface area contributed by atoms with Crippen molar-refractivity contribution in [3.63, 3.8) is 0 Å². The maximum Gasteiger partial charge on any atom is 0.120 e. The molecule has 0 amide bonds. The lowest BCUT2D eigenvalue weighted by atomic mass is 9.59. The van der Waals surface area contributed by atoms with E-state index in [9.17, 15) is 40.9 Å². The van der Waals surface area contributed by atoms with Crippen LogP contribution in [-0.4, -0.2) is 40.9 Å². The Labute approximate surface area is 483 Å². The first kappa shape index (κ1) is 55.8. The standard InChI is InChI=1S/C74H62O9/c1-5-71(51-29-9-17-39-61(51)75,52-30-10-18-40-62(52)76)59-37-25-27-49(69(59)73(7-3,55-33-13-21-43-65(55)79)56-34-14-22-44-66(56)80)47-83-48-50-28-26-38-60(72(6-2,53-31-11-19-41-63(53)77)54-32-12-20-42-64(54)78)70(50)74(8-4,57-35-15-23-45-67(57)81)58-36-16-24-46-68(58)82/h5-46,75-82H,1-4,47-48H2. The van der Waals surface area contributed by atoms with Crippen molar-refractivity contribution in [3.8, 4) is 46.0 Å². The van der Waals surface area contributed by atoms with Gasteiger partial charge in [-0.15, -0.1) is 26.3 Å². The van der Waals surface area contributed by atoms with Crippen LogP contribution in [0.1, 0.15) is 77.9 Å². The predicted octanol–water partition coefficient (Wildman–Crippen LogP) is 15.1. The van der Waals surface area contributed by atoms with Gasteiger partial charge in [0.25, 0.3) is 0 Å². The quantitative estimate of drug-likeness (QED) is 0.0273. The zero-order valence-corrected chi connectivity index (χ0v) is 45.5. The van der Waals surface area contributed by atoms with E-state index >= 15 is 0 Å². The van der Waals surface area contributed by atoms with Gasteiger partial charge < -0.3 is 45.6 Å². The van der Waals surface area contributed by atoms with Crippen molar-refractivity contribution in [3.05, 3.63) is 359 Å². The van der Waals surface area contributed by atoms with Crippen LogP contribution in [-0.2, 0) is 39.6 Å². The van der Waals surface area contributed by atoms with Gasteiger partial charge in [0, 0.05) is 44.5 Å². The Morgan fingerprint density at radius 1 is 0.241 bits per heavy atom. The summed E-state index contributed by atoms with van der Waals surface area (Å²) < 4.78 is 7.18. The third-order valence-electron chi connectivity index (χ3n) is 16.3. The Hall–Kier alpha value is -10.5. The third-order valence-corrected chi connectivity index (χ3v) is 16.3. The van der Waals surface area contributed by atoms with Gasteiger partial charge in [0.1, 0.15) is 46.0 Å². The average Bonchev–Trinajstić information content (AvgIpc) is 2.68. The number of ether oxygens (including phenoxy) is 1. The molecule has 9 nitrogen and oxygen atoms in total. The van der Waals surface area contributed by atoms with Crippen LogP contribution < -0.4 is 0 Å². The molecule has 10 rings (SSSR count). The van der Waals surface area contributed by atoms with E-state index < -0.39 is 21.7 Å². The minimum absolute atomic E-state index is 0.104. The summed E-state index contributed by atoms with van der Waals surface area (Å²) in [5.74, 6) is -0.909. The SMILES string of the molecule is C=CC(c1ccccc1O)(c1ccccc1O)c1cccc(COCc2cccc(C(C=C)(c3ccccc3O)c3ccccc3O)c2C(C=C)(c2ccccc2O)c2ccccc2O)c1C(C=C)(c1ccccc1O)c1ccccc1O. The Bertz CT molecular complexity index is 3640. The molecule has 0 aliphatic rings. The van der Waals surface area contributed by atoms with Crippen LogP contribution in [0, 0.1) is 0 Å². The molecule has 0 saturated carbocycles. The Kier molecular flexibility index (Phi) is 15.4. The fourth-order valence-electron chi connectivity index (χ4n) is 12.8. The largest absolute Gasteiger partial charge is 0.508 e. The fraction of sp³-hybridized carbons (Fsp3) is 0.0811. The first-order valence-electron chi connectivity index (χ1n) is 27.0. The van der Waals surface area contributed by atoms with Crippen LogP contribution in [0.3, 0.4) is 0 Å². The van der Waals surface area contributed by atoms with Gasteiger partial charge in [0.2, 0.25) is 0 Å². The molecule has 0 bridgehead atoms. The van der Waals surface area contributed by atoms with Crippen molar-refractivity contribution in [2.45, 2.75) is 34.9 Å². The number of hydrogen-bond donors (Lipinski definition) is 8. The number of aromatic hydroxyl groups is 8. The second-order valence-electron chi connectivity index (χ2n) is 20.4. The second-order valence-corrected chi connectivity index (χ2v) is 20.4. The number of rotatable bonds is 20. The molecule has 0 unspecified atom stereocenters. The van der Waals surface area contributed by atoms with Gasteiger partial charge in [-0.3, -0.25) is 0 Å². The molecule has 0 aromatic heterocycles. The van der Waals surface area contributed by atoms with Gasteiger partial charge in [-0.05, 0) is 81.9 Å². The van der Waals surface area contributed by atoms with Crippen LogP contribution in [0.2, 0.25) is 0 Å². The molecule has 8 N–H and O–H groups in total. The number of phenols is 8. The first-order chi connectivity index (χ1) is 40.3. The molecular formula is C74H62O9. The zero-order chi connectivity index (χ0) is 58.5. The number of phenolic OH excluding ortho intramolecular Hbond substituents is 8. The third kappa shape index (κ3) is 9.04. The Morgan fingerprint density at radius 3 is 0.614 bits per heavy atom. The van der Waals surface area contributed by atoms with Crippen LogP contribution in [0.25, 0.3) is 0 Å². The van der Waals surface area contributed by atoms with Crippen molar-refractivity contribution >= 4 is 0 Å². The Morgan fingerprint density at radius 2 is 0.422 bits per heavy atom. The first-order valence-corrected chi connectivity index (χ1v) is 27.0. The van der Waals surface area contributed by atoms with Crippen LogP contribution in [0.4, 0.5) is 0 Å². The molecular weight excluding hydrogens is 1030 g/mol. The van der Waals surface area contributed by atoms with Crippen LogP contribution in [0.15, 0.2) is 281 Å². The van der Waals surface area contributed by atoms with Crippen molar-refractivity contribution in [2.75, 3.05) is 0 Å². The minimum Gasteiger partial charge on any atom is -0.508 e. The molecule has 0 radical (unpaired) electrons. The van der Waals surface area contributed by atoms with Gasteiger partial charge >= 0.3 is 0 Å². The van der Waals surface area contributed by atoms with E-state index in [0.717, 1.165) is 0 Å². The zero-order valence-electron chi connectivity index (χ0n) is 45.5. The predicted molar refractivity (Wildman–Crippen MR) is 327 cm³/mol. The highest BCUT2D eigenvalue weighted by Gasteiger charge is 2.49. The van der Waals surface area contributed by atoms with Crippen molar-refractivity contribution in [1.29, 1.82) is 0 Å². The molecule has 9 heteroatoms. The monoisotopic (exact) mass is 1090 g/mol. The van der Waals surface area contributed by atoms with E-state index in [2.05, 4.69) is 26.3 Å². The highest BCUT2D eigenvalue weighted by molar-refractivity contribution is 5.74. The topological polar surface area (TPSA) is 171 Å². The lowest BCUT2D eigenvalue weighted by Gasteiger charge is -2.43. The average molecular weight is 1100 g/mol. The van der Waals surface area contributed by atoms with E-state index in [-0.39, 0.29) is 59.2 Å². The maximum absolute atomic E-state index is 12.2. The molecule has 0 atom stereocenters. The number of allylic oxidation sites excluding steroid dienone is 4. The summed E-state index contributed by atoms with van der Waals surface area (Å²) in [5.41, 5.74) is -0.790. The molecule has 412 valence electrons. The summed E-state index contributed by atoms with van der Waals surface area (Å²) in [6.07, 6.45) is 6.65. The summed E-state index contributed by atoms with van der Waals surface area (Å²) in [7, 11) is 0. The normalized spacial score (nSPS) is 11.9. The van der Waals surface area contributed by atoms with Gasteiger partial charge in [-0.1, -0.05) is 206 Å². The van der Waals surface area contributed by atoms with E-state index in [4.69, 9.17) is 4.74 Å². The number of para-hydroxylation sites is 8. The fourth-order valence-corrected chi connectivity index (χ4v) is 12.8. The summed E-state index contributed by atoms with van der Waals surface area (Å²) in [4.78, 5) is 0. The maximum atomic E-state index is 12.2. The molecule has 0 heterocycles. The molecule has 83 heavy (non-hydrogen) atoms. The highest BCUT2D eigenvalue weighted by atomic mass is 16.5. The molecule has 0 aliphatic heterocycles. The summed E-state index contributed by atoms with van der Waals surface area (Å²) >= 11 is 0. The number of hydrogen-bond acceptors (Lipinski definition) is 9. The molecule has 10 aromatic rings. The van der Waals surface area contributed by atoms with Crippen LogP contribution >= 0.6 is 0 Å². The van der Waals surface area contributed by atoms with E-state index in [1.807, 2.05) is 36.4 Å². The molecule has 0 fully saturated rings. The van der Waals surface area contributed by atoms with Gasteiger partial charge in [0.05, 0.1) is 34.9 Å².